The summed E-state index contributed by atoms with van der Waals surface area (Å²) in [6, 6.07) is 14.5. The largest absolute Gasteiger partial charge is 0.349 e. The molecule has 6 heteroatoms. The molecule has 4 rings (SSSR count). The first-order valence-corrected chi connectivity index (χ1v) is 10.5. The summed E-state index contributed by atoms with van der Waals surface area (Å²) in [5, 5.41) is 0. The summed E-state index contributed by atoms with van der Waals surface area (Å²) < 4.78 is 2.00. The maximum absolute atomic E-state index is 12.5. The van der Waals surface area contributed by atoms with Crippen LogP contribution in [0.4, 0.5) is 0 Å². The first kappa shape index (κ1) is 20.0. The van der Waals surface area contributed by atoms with Crippen molar-refractivity contribution in [2.45, 2.75) is 46.6 Å². The van der Waals surface area contributed by atoms with Crippen LogP contribution in [0.15, 0.2) is 52.1 Å². The van der Waals surface area contributed by atoms with Gasteiger partial charge in [-0.3, -0.25) is 9.78 Å². The molecule has 2 aliphatic heterocycles. The van der Waals surface area contributed by atoms with E-state index < -0.39 is 11.2 Å². The molecule has 1 atom stereocenters. The molecule has 2 aromatic rings. The number of H-pyrrole nitrogens is 1. The highest BCUT2D eigenvalue weighted by atomic mass is 16.2. The highest BCUT2D eigenvalue weighted by molar-refractivity contribution is 5.81. The third-order valence-electron chi connectivity index (χ3n) is 5.61. The topological polar surface area (TPSA) is 80.6 Å². The smallest absolute Gasteiger partial charge is 0.322 e. The molecule has 0 saturated carbocycles. The summed E-state index contributed by atoms with van der Waals surface area (Å²) in [4.78, 5) is 35.4. The Morgan fingerprint density at radius 1 is 1.00 bits per heavy atom. The lowest BCUT2D eigenvalue weighted by Gasteiger charge is -2.21. The molecule has 0 aliphatic carbocycles. The molecule has 2 aliphatic rings. The SMILES string of the molecule is CCc1cc2nc3c(=O)[nH]c(=O)nc-3n(CC(C)Cc3ccccc3)c2cc1CC. The zero-order chi connectivity index (χ0) is 21.3. The monoisotopic (exact) mass is 402 g/mol. The number of aromatic amines is 1. The van der Waals surface area contributed by atoms with Crippen LogP contribution < -0.4 is 11.2 Å². The van der Waals surface area contributed by atoms with Gasteiger partial charge < -0.3 is 4.57 Å². The van der Waals surface area contributed by atoms with E-state index in [1.165, 1.54) is 16.7 Å². The lowest BCUT2D eigenvalue weighted by atomic mass is 9.99. The van der Waals surface area contributed by atoms with Crippen molar-refractivity contribution < 1.29 is 0 Å². The van der Waals surface area contributed by atoms with Crippen molar-refractivity contribution in [3.05, 3.63) is 80.0 Å². The Bertz CT molecular complexity index is 1270. The standard InChI is InChI=1S/C24H26N4O2/c1-4-17-12-19-20(13-18(17)5-2)28(14-15(3)11-16-9-7-6-8-10-16)22-21(25-19)23(29)27-24(30)26-22/h6-10,12-13,15H,4-5,11,14H2,1-3H3,(H,27,29,30). The van der Waals surface area contributed by atoms with E-state index >= 15 is 0 Å². The van der Waals surface area contributed by atoms with Gasteiger partial charge in [-0.1, -0.05) is 51.1 Å². The molecule has 0 amide bonds. The van der Waals surface area contributed by atoms with Crippen LogP contribution in [0, 0.1) is 5.92 Å². The molecule has 2 heterocycles. The van der Waals surface area contributed by atoms with Crippen LogP contribution >= 0.6 is 0 Å². The molecule has 2 aromatic carbocycles. The second kappa shape index (κ2) is 8.22. The molecule has 154 valence electrons. The second-order valence-corrected chi connectivity index (χ2v) is 7.88. The van der Waals surface area contributed by atoms with E-state index in [0.29, 0.717) is 12.4 Å². The lowest BCUT2D eigenvalue weighted by Crippen LogP contribution is -2.29. The fraction of sp³-hybridized carbons (Fsp3) is 0.333. The number of fused-ring (bicyclic) bond motifs is 2. The van der Waals surface area contributed by atoms with Gasteiger partial charge in [-0.05, 0) is 54.0 Å². The van der Waals surface area contributed by atoms with Crippen molar-refractivity contribution in [3.63, 3.8) is 0 Å². The summed E-state index contributed by atoms with van der Waals surface area (Å²) in [5.74, 6) is 0.626. The third-order valence-corrected chi connectivity index (χ3v) is 5.61. The molecule has 0 fully saturated rings. The maximum Gasteiger partial charge on any atom is 0.349 e. The Morgan fingerprint density at radius 2 is 1.70 bits per heavy atom. The molecule has 6 nitrogen and oxygen atoms in total. The van der Waals surface area contributed by atoms with E-state index in [1.807, 2.05) is 22.8 Å². The van der Waals surface area contributed by atoms with Crippen molar-refractivity contribution >= 4 is 11.0 Å². The Balaban J connectivity index is 1.91. The Labute approximate surface area is 175 Å². The van der Waals surface area contributed by atoms with Crippen molar-refractivity contribution in [1.29, 1.82) is 0 Å². The van der Waals surface area contributed by atoms with Crippen LogP contribution in [0.5, 0.6) is 0 Å². The van der Waals surface area contributed by atoms with E-state index in [-0.39, 0.29) is 11.6 Å². The number of aromatic nitrogens is 4. The molecule has 0 bridgehead atoms. The quantitative estimate of drug-likeness (QED) is 0.500. The molecule has 0 saturated heterocycles. The van der Waals surface area contributed by atoms with Crippen molar-refractivity contribution in [3.8, 4) is 11.5 Å². The average molecular weight is 402 g/mol. The van der Waals surface area contributed by atoms with Crippen LogP contribution in [0.25, 0.3) is 22.6 Å². The van der Waals surface area contributed by atoms with E-state index in [4.69, 9.17) is 0 Å². The van der Waals surface area contributed by atoms with Crippen molar-refractivity contribution in [2.24, 2.45) is 5.92 Å². The number of hydrogen-bond donors (Lipinski definition) is 1. The first-order chi connectivity index (χ1) is 14.5. The van der Waals surface area contributed by atoms with Gasteiger partial charge in [0.15, 0.2) is 11.5 Å². The fourth-order valence-electron chi connectivity index (χ4n) is 4.16. The summed E-state index contributed by atoms with van der Waals surface area (Å²) >= 11 is 0. The summed E-state index contributed by atoms with van der Waals surface area (Å²) in [5.41, 5.74) is 4.48. The number of nitrogens with zero attached hydrogens (tertiary/aromatic N) is 3. The minimum Gasteiger partial charge on any atom is -0.322 e. The number of hydrogen-bond acceptors (Lipinski definition) is 4. The molecule has 1 unspecified atom stereocenters. The molecule has 1 N–H and O–H groups in total. The van der Waals surface area contributed by atoms with Gasteiger partial charge in [0, 0.05) is 6.54 Å². The third kappa shape index (κ3) is 3.77. The van der Waals surface area contributed by atoms with Gasteiger partial charge in [0.05, 0.1) is 11.0 Å². The van der Waals surface area contributed by atoms with E-state index in [1.54, 1.807) is 0 Å². The van der Waals surface area contributed by atoms with Gasteiger partial charge in [0.1, 0.15) is 0 Å². The highest BCUT2D eigenvalue weighted by Crippen LogP contribution is 2.26. The van der Waals surface area contributed by atoms with Crippen molar-refractivity contribution in [2.75, 3.05) is 0 Å². The first-order valence-electron chi connectivity index (χ1n) is 10.5. The van der Waals surface area contributed by atoms with Crippen LogP contribution in [0.2, 0.25) is 0 Å². The number of nitrogens with one attached hydrogen (secondary N) is 1. The predicted octanol–water partition coefficient (Wildman–Crippen LogP) is 3.59. The van der Waals surface area contributed by atoms with Gasteiger partial charge in [-0.2, -0.15) is 4.98 Å². The van der Waals surface area contributed by atoms with Crippen LogP contribution in [0.1, 0.15) is 37.5 Å². The van der Waals surface area contributed by atoms with Crippen molar-refractivity contribution in [1.82, 2.24) is 19.5 Å². The molecular weight excluding hydrogens is 376 g/mol. The van der Waals surface area contributed by atoms with Gasteiger partial charge in [-0.15, -0.1) is 0 Å². The zero-order valence-corrected chi connectivity index (χ0v) is 17.6. The molecule has 30 heavy (non-hydrogen) atoms. The normalized spacial score (nSPS) is 12.5. The Morgan fingerprint density at radius 3 is 2.40 bits per heavy atom. The number of benzene rings is 2. The predicted molar refractivity (Wildman–Crippen MR) is 119 cm³/mol. The molecule has 0 radical (unpaired) electrons. The minimum absolute atomic E-state index is 0.209. The van der Waals surface area contributed by atoms with E-state index in [0.717, 1.165) is 30.3 Å². The van der Waals surface area contributed by atoms with E-state index in [2.05, 4.69) is 60.0 Å². The summed E-state index contributed by atoms with van der Waals surface area (Å²) in [6.45, 7) is 7.06. The van der Waals surface area contributed by atoms with E-state index in [9.17, 15) is 9.59 Å². The molecule has 0 spiro atoms. The van der Waals surface area contributed by atoms with Gasteiger partial charge >= 0.3 is 5.69 Å². The Kier molecular flexibility index (Phi) is 5.48. The van der Waals surface area contributed by atoms with Gasteiger partial charge in [0.2, 0.25) is 0 Å². The second-order valence-electron chi connectivity index (χ2n) is 7.88. The molecular formula is C24H26N4O2. The van der Waals surface area contributed by atoms with Gasteiger partial charge in [-0.25, -0.2) is 9.78 Å². The number of aryl methyl sites for hydroxylation is 2. The highest BCUT2D eigenvalue weighted by Gasteiger charge is 2.21. The zero-order valence-electron chi connectivity index (χ0n) is 17.6. The average Bonchev–Trinajstić information content (AvgIpc) is 2.74. The Hall–Kier alpha value is -3.28. The van der Waals surface area contributed by atoms with Gasteiger partial charge in [0.25, 0.3) is 5.56 Å². The lowest BCUT2D eigenvalue weighted by molar-refractivity contribution is 0.485. The van der Waals surface area contributed by atoms with Crippen LogP contribution in [0.3, 0.4) is 0 Å². The fourth-order valence-corrected chi connectivity index (χ4v) is 4.16. The number of rotatable bonds is 6. The maximum atomic E-state index is 12.5. The van der Waals surface area contributed by atoms with Crippen LogP contribution in [-0.2, 0) is 25.8 Å². The minimum atomic E-state index is -0.640. The summed E-state index contributed by atoms with van der Waals surface area (Å²) in [7, 11) is 0. The molecule has 0 aromatic heterocycles. The summed E-state index contributed by atoms with van der Waals surface area (Å²) in [6.07, 6.45) is 2.70. The van der Waals surface area contributed by atoms with Crippen LogP contribution in [-0.4, -0.2) is 19.5 Å².